The molecule has 1 aliphatic heterocycles. The summed E-state index contributed by atoms with van der Waals surface area (Å²) in [6.07, 6.45) is 5.53. The number of hydrogen-bond donors (Lipinski definition) is 1. The van der Waals surface area contributed by atoms with Crippen molar-refractivity contribution in [3.8, 4) is 0 Å². The monoisotopic (exact) mass is 315 g/mol. The summed E-state index contributed by atoms with van der Waals surface area (Å²) in [7, 11) is 0. The normalized spacial score (nSPS) is 22.1. The summed E-state index contributed by atoms with van der Waals surface area (Å²) < 4.78 is 0. The third-order valence-corrected chi connectivity index (χ3v) is 5.29. The second-order valence-corrected chi connectivity index (χ2v) is 6.95. The molecule has 4 nitrogen and oxygen atoms in total. The van der Waals surface area contributed by atoms with Gasteiger partial charge in [-0.1, -0.05) is 43.2 Å². The molecule has 1 aromatic rings. The number of amides is 1. The lowest BCUT2D eigenvalue weighted by molar-refractivity contribution is -0.123. The van der Waals surface area contributed by atoms with Crippen LogP contribution in [0.1, 0.15) is 44.2 Å². The second kappa shape index (κ2) is 7.93. The first-order valence-electron chi connectivity index (χ1n) is 9.03. The maximum absolute atomic E-state index is 12.3. The largest absolute Gasteiger partial charge is 0.348 e. The SMILES string of the molecule is CC(NC(=O)CN1CCN(C2CCCC2)CC1)c1ccccc1. The molecular weight excluding hydrogens is 286 g/mol. The Labute approximate surface area is 139 Å². The molecule has 2 aliphatic rings. The van der Waals surface area contributed by atoms with Crippen molar-refractivity contribution < 1.29 is 4.79 Å². The lowest BCUT2D eigenvalue weighted by atomic mass is 10.1. The Morgan fingerprint density at radius 1 is 1.13 bits per heavy atom. The van der Waals surface area contributed by atoms with E-state index in [1.54, 1.807) is 0 Å². The van der Waals surface area contributed by atoms with Gasteiger partial charge < -0.3 is 5.32 Å². The predicted molar refractivity (Wildman–Crippen MR) is 93.3 cm³/mol. The molecule has 2 fully saturated rings. The summed E-state index contributed by atoms with van der Waals surface area (Å²) in [6, 6.07) is 11.0. The Morgan fingerprint density at radius 2 is 1.78 bits per heavy atom. The van der Waals surface area contributed by atoms with Crippen LogP contribution in [0.25, 0.3) is 0 Å². The third kappa shape index (κ3) is 4.55. The van der Waals surface area contributed by atoms with Crippen molar-refractivity contribution in [1.29, 1.82) is 0 Å². The van der Waals surface area contributed by atoms with E-state index in [-0.39, 0.29) is 11.9 Å². The molecule has 1 heterocycles. The minimum atomic E-state index is 0.0727. The van der Waals surface area contributed by atoms with Crippen LogP contribution in [0.2, 0.25) is 0 Å². The van der Waals surface area contributed by atoms with Crippen molar-refractivity contribution in [2.75, 3.05) is 32.7 Å². The first-order valence-corrected chi connectivity index (χ1v) is 9.03. The molecule has 1 saturated heterocycles. The zero-order valence-corrected chi connectivity index (χ0v) is 14.2. The Balaban J connectivity index is 1.40. The summed E-state index contributed by atoms with van der Waals surface area (Å²) in [4.78, 5) is 17.2. The molecule has 3 rings (SSSR count). The van der Waals surface area contributed by atoms with Gasteiger partial charge in [0.2, 0.25) is 5.91 Å². The van der Waals surface area contributed by atoms with E-state index in [9.17, 15) is 4.79 Å². The van der Waals surface area contributed by atoms with Gasteiger partial charge in [-0.2, -0.15) is 0 Å². The number of piperazine rings is 1. The lowest BCUT2D eigenvalue weighted by Crippen LogP contribution is -2.51. The quantitative estimate of drug-likeness (QED) is 0.906. The van der Waals surface area contributed by atoms with Gasteiger partial charge >= 0.3 is 0 Å². The number of rotatable bonds is 5. The number of hydrogen-bond acceptors (Lipinski definition) is 3. The highest BCUT2D eigenvalue weighted by molar-refractivity contribution is 5.78. The van der Waals surface area contributed by atoms with Gasteiger partial charge in [0.05, 0.1) is 12.6 Å². The van der Waals surface area contributed by atoms with Crippen molar-refractivity contribution >= 4 is 5.91 Å². The Morgan fingerprint density at radius 3 is 2.43 bits per heavy atom. The highest BCUT2D eigenvalue weighted by Gasteiger charge is 2.26. The summed E-state index contributed by atoms with van der Waals surface area (Å²) in [5.41, 5.74) is 1.16. The van der Waals surface area contributed by atoms with E-state index >= 15 is 0 Å². The molecule has 1 unspecified atom stereocenters. The first kappa shape index (κ1) is 16.5. The summed E-state index contributed by atoms with van der Waals surface area (Å²) in [5, 5.41) is 3.12. The molecule has 0 bridgehead atoms. The number of nitrogens with zero attached hydrogens (tertiary/aromatic N) is 2. The average Bonchev–Trinajstić information content (AvgIpc) is 3.11. The van der Waals surface area contributed by atoms with Crippen LogP contribution in [0.4, 0.5) is 0 Å². The molecular formula is C19H29N3O. The minimum absolute atomic E-state index is 0.0727. The minimum Gasteiger partial charge on any atom is -0.348 e. The Hall–Kier alpha value is -1.39. The molecule has 1 aromatic carbocycles. The summed E-state index contributed by atoms with van der Waals surface area (Å²) in [6.45, 7) is 6.84. The van der Waals surface area contributed by atoms with Gasteiger partial charge in [-0.25, -0.2) is 0 Å². The molecule has 1 amide bonds. The van der Waals surface area contributed by atoms with Crippen molar-refractivity contribution in [1.82, 2.24) is 15.1 Å². The van der Waals surface area contributed by atoms with Crippen molar-refractivity contribution in [2.45, 2.75) is 44.7 Å². The molecule has 126 valence electrons. The van der Waals surface area contributed by atoms with Gasteiger partial charge in [0.15, 0.2) is 0 Å². The van der Waals surface area contributed by atoms with Gasteiger partial charge in [0.1, 0.15) is 0 Å². The fraction of sp³-hybridized carbons (Fsp3) is 0.632. The van der Waals surface area contributed by atoms with E-state index in [2.05, 4.69) is 27.2 Å². The number of carbonyl (C=O) groups is 1. The third-order valence-electron chi connectivity index (χ3n) is 5.29. The molecule has 0 radical (unpaired) electrons. The summed E-state index contributed by atoms with van der Waals surface area (Å²) >= 11 is 0. The molecule has 1 aliphatic carbocycles. The maximum atomic E-state index is 12.3. The fourth-order valence-corrected chi connectivity index (χ4v) is 3.87. The van der Waals surface area contributed by atoms with Crippen LogP contribution in [0.3, 0.4) is 0 Å². The molecule has 0 aromatic heterocycles. The maximum Gasteiger partial charge on any atom is 0.234 e. The van der Waals surface area contributed by atoms with Crippen LogP contribution in [-0.2, 0) is 4.79 Å². The van der Waals surface area contributed by atoms with E-state index in [0.29, 0.717) is 6.54 Å². The Bertz CT molecular complexity index is 491. The second-order valence-electron chi connectivity index (χ2n) is 6.95. The molecule has 1 N–H and O–H groups in total. The van der Waals surface area contributed by atoms with E-state index < -0.39 is 0 Å². The van der Waals surface area contributed by atoms with E-state index in [0.717, 1.165) is 37.8 Å². The number of benzene rings is 1. The van der Waals surface area contributed by atoms with Crippen LogP contribution in [0.5, 0.6) is 0 Å². The van der Waals surface area contributed by atoms with Crippen LogP contribution in [0.15, 0.2) is 30.3 Å². The van der Waals surface area contributed by atoms with E-state index in [4.69, 9.17) is 0 Å². The zero-order valence-electron chi connectivity index (χ0n) is 14.2. The van der Waals surface area contributed by atoms with Crippen LogP contribution >= 0.6 is 0 Å². The molecule has 1 saturated carbocycles. The molecule has 23 heavy (non-hydrogen) atoms. The molecule has 4 heteroatoms. The number of nitrogens with one attached hydrogen (secondary N) is 1. The zero-order chi connectivity index (χ0) is 16.1. The predicted octanol–water partition coefficient (Wildman–Crippen LogP) is 2.42. The highest BCUT2D eigenvalue weighted by Crippen LogP contribution is 2.24. The summed E-state index contributed by atoms with van der Waals surface area (Å²) in [5.74, 6) is 0.135. The van der Waals surface area contributed by atoms with Gasteiger partial charge in [-0.05, 0) is 25.3 Å². The molecule has 1 atom stereocenters. The van der Waals surface area contributed by atoms with Gasteiger partial charge in [-0.3, -0.25) is 14.6 Å². The van der Waals surface area contributed by atoms with Gasteiger partial charge in [-0.15, -0.1) is 0 Å². The average molecular weight is 315 g/mol. The molecule has 0 spiro atoms. The Kier molecular flexibility index (Phi) is 5.68. The van der Waals surface area contributed by atoms with Gasteiger partial charge in [0, 0.05) is 32.2 Å². The van der Waals surface area contributed by atoms with Crippen LogP contribution in [-0.4, -0.2) is 54.5 Å². The highest BCUT2D eigenvalue weighted by atomic mass is 16.2. The first-order chi connectivity index (χ1) is 11.2. The van der Waals surface area contributed by atoms with E-state index in [1.165, 1.54) is 25.7 Å². The van der Waals surface area contributed by atoms with Crippen LogP contribution < -0.4 is 5.32 Å². The lowest BCUT2D eigenvalue weighted by Gasteiger charge is -2.37. The van der Waals surface area contributed by atoms with Crippen molar-refractivity contribution in [3.63, 3.8) is 0 Å². The topological polar surface area (TPSA) is 35.6 Å². The standard InChI is InChI=1S/C19H29N3O/c1-16(17-7-3-2-4-8-17)20-19(23)15-21-11-13-22(14-12-21)18-9-5-6-10-18/h2-4,7-8,16,18H,5-6,9-15H2,1H3,(H,20,23). The fourth-order valence-electron chi connectivity index (χ4n) is 3.87. The smallest absolute Gasteiger partial charge is 0.234 e. The van der Waals surface area contributed by atoms with Crippen molar-refractivity contribution in [2.24, 2.45) is 0 Å². The van der Waals surface area contributed by atoms with Gasteiger partial charge in [0.25, 0.3) is 0 Å². The van der Waals surface area contributed by atoms with Crippen LogP contribution in [0, 0.1) is 0 Å². The number of carbonyl (C=O) groups excluding carboxylic acids is 1. The van der Waals surface area contributed by atoms with E-state index in [1.807, 2.05) is 25.1 Å². The van der Waals surface area contributed by atoms with Crippen molar-refractivity contribution in [3.05, 3.63) is 35.9 Å².